The first kappa shape index (κ1) is 9.63. The first-order valence-corrected chi connectivity index (χ1v) is 6.45. The summed E-state index contributed by atoms with van der Waals surface area (Å²) in [5.74, 6) is 0. The second-order valence-electron chi connectivity index (χ2n) is 5.07. The quantitative estimate of drug-likeness (QED) is 0.777. The smallest absolute Gasteiger partial charge is 0.0481 e. The van der Waals surface area contributed by atoms with Crippen molar-refractivity contribution >= 4 is 10.8 Å². The van der Waals surface area contributed by atoms with Gasteiger partial charge in [-0.15, -0.1) is 0 Å². The summed E-state index contributed by atoms with van der Waals surface area (Å²) in [6.07, 6.45) is 3.61. The van der Waals surface area contributed by atoms with Crippen molar-refractivity contribution in [1.82, 2.24) is 10.9 Å². The van der Waals surface area contributed by atoms with Crippen molar-refractivity contribution in [2.75, 3.05) is 6.54 Å². The molecule has 1 heterocycles. The number of aryl methyl sites for hydroxylation is 2. The Labute approximate surface area is 101 Å². The van der Waals surface area contributed by atoms with Crippen LogP contribution in [0.3, 0.4) is 0 Å². The van der Waals surface area contributed by atoms with Crippen LogP contribution in [0.2, 0.25) is 0 Å². The van der Waals surface area contributed by atoms with E-state index in [9.17, 15) is 0 Å². The zero-order valence-electron chi connectivity index (χ0n) is 9.79. The van der Waals surface area contributed by atoms with Crippen LogP contribution in [0.5, 0.6) is 0 Å². The van der Waals surface area contributed by atoms with Crippen molar-refractivity contribution in [3.8, 4) is 0 Å². The second kappa shape index (κ2) is 3.56. The van der Waals surface area contributed by atoms with E-state index < -0.39 is 0 Å². The van der Waals surface area contributed by atoms with Gasteiger partial charge in [0, 0.05) is 12.6 Å². The molecule has 1 fully saturated rings. The van der Waals surface area contributed by atoms with Gasteiger partial charge in [-0.25, -0.2) is 0 Å². The van der Waals surface area contributed by atoms with E-state index in [1.165, 1.54) is 46.7 Å². The number of nitrogens with one attached hydrogen (secondary N) is 2. The molecule has 1 aliphatic carbocycles. The van der Waals surface area contributed by atoms with Gasteiger partial charge in [-0.3, -0.25) is 10.9 Å². The molecular weight excluding hydrogens is 208 g/mol. The van der Waals surface area contributed by atoms with Crippen LogP contribution in [0.15, 0.2) is 30.3 Å². The van der Waals surface area contributed by atoms with E-state index in [1.807, 2.05) is 0 Å². The topological polar surface area (TPSA) is 24.1 Å². The Morgan fingerprint density at radius 2 is 1.88 bits per heavy atom. The fourth-order valence-electron chi connectivity index (χ4n) is 3.29. The lowest BCUT2D eigenvalue weighted by molar-refractivity contribution is 0.584. The molecule has 2 N–H and O–H groups in total. The summed E-state index contributed by atoms with van der Waals surface area (Å²) in [6.45, 7) is 1.06. The fourth-order valence-corrected chi connectivity index (χ4v) is 3.29. The highest BCUT2D eigenvalue weighted by molar-refractivity contribution is 5.93. The molecule has 2 heteroatoms. The molecule has 0 spiro atoms. The van der Waals surface area contributed by atoms with Gasteiger partial charge < -0.3 is 0 Å². The summed E-state index contributed by atoms with van der Waals surface area (Å²) in [6, 6.07) is 11.9. The zero-order chi connectivity index (χ0) is 11.2. The van der Waals surface area contributed by atoms with Crippen LogP contribution >= 0.6 is 0 Å². The van der Waals surface area contributed by atoms with E-state index in [0.29, 0.717) is 6.04 Å². The summed E-state index contributed by atoms with van der Waals surface area (Å²) in [4.78, 5) is 0. The molecule has 0 aromatic heterocycles. The monoisotopic (exact) mass is 224 g/mol. The molecule has 4 rings (SSSR count). The van der Waals surface area contributed by atoms with Crippen molar-refractivity contribution in [2.24, 2.45) is 0 Å². The Hall–Kier alpha value is -1.38. The molecule has 2 aliphatic rings. The Balaban J connectivity index is 1.99. The van der Waals surface area contributed by atoms with Crippen LogP contribution in [-0.4, -0.2) is 6.54 Å². The maximum absolute atomic E-state index is 3.37. The third kappa shape index (κ3) is 1.34. The maximum Gasteiger partial charge on any atom is 0.0481 e. The normalized spacial score (nSPS) is 22.5. The van der Waals surface area contributed by atoms with Gasteiger partial charge in [-0.2, -0.15) is 0 Å². The molecule has 1 atom stereocenters. The average molecular weight is 224 g/mol. The van der Waals surface area contributed by atoms with E-state index in [4.69, 9.17) is 0 Å². The predicted octanol–water partition coefficient (Wildman–Crippen LogP) is 2.48. The van der Waals surface area contributed by atoms with Crippen molar-refractivity contribution in [3.63, 3.8) is 0 Å². The molecule has 2 aromatic carbocycles. The van der Waals surface area contributed by atoms with Gasteiger partial charge in [0.2, 0.25) is 0 Å². The van der Waals surface area contributed by atoms with Crippen molar-refractivity contribution in [1.29, 1.82) is 0 Å². The van der Waals surface area contributed by atoms with Gasteiger partial charge in [0.25, 0.3) is 0 Å². The zero-order valence-corrected chi connectivity index (χ0v) is 9.79. The summed E-state index contributed by atoms with van der Waals surface area (Å²) >= 11 is 0. The highest BCUT2D eigenvalue weighted by Crippen LogP contribution is 2.35. The summed E-state index contributed by atoms with van der Waals surface area (Å²) in [5, 5.41) is 2.98. The van der Waals surface area contributed by atoms with Crippen LogP contribution < -0.4 is 10.9 Å². The molecule has 86 valence electrons. The molecule has 0 radical (unpaired) electrons. The van der Waals surface area contributed by atoms with Crippen molar-refractivity contribution in [3.05, 3.63) is 47.0 Å². The molecule has 17 heavy (non-hydrogen) atoms. The summed E-state index contributed by atoms with van der Waals surface area (Å²) < 4.78 is 0. The Morgan fingerprint density at radius 3 is 2.71 bits per heavy atom. The lowest BCUT2D eigenvalue weighted by Crippen LogP contribution is -2.24. The molecule has 1 unspecified atom stereocenters. The fraction of sp³-hybridized carbons (Fsp3) is 0.333. The second-order valence-corrected chi connectivity index (χ2v) is 5.07. The Bertz CT molecular complexity index is 572. The number of hydrogen-bond donors (Lipinski definition) is 2. The molecular formula is C15H16N2. The van der Waals surface area contributed by atoms with Gasteiger partial charge in [-0.1, -0.05) is 30.3 Å². The highest BCUT2D eigenvalue weighted by Gasteiger charge is 2.21. The van der Waals surface area contributed by atoms with E-state index in [0.717, 1.165) is 6.54 Å². The molecule has 0 bridgehead atoms. The van der Waals surface area contributed by atoms with Crippen LogP contribution in [-0.2, 0) is 12.8 Å². The van der Waals surface area contributed by atoms with Gasteiger partial charge in [0.1, 0.15) is 0 Å². The lowest BCUT2D eigenvalue weighted by atomic mass is 9.95. The summed E-state index contributed by atoms with van der Waals surface area (Å²) in [7, 11) is 0. The Kier molecular flexibility index (Phi) is 2.01. The number of hydrogen-bond acceptors (Lipinski definition) is 2. The van der Waals surface area contributed by atoms with E-state index in [1.54, 1.807) is 0 Å². The van der Waals surface area contributed by atoms with Gasteiger partial charge in [-0.05, 0) is 46.7 Å². The van der Waals surface area contributed by atoms with Gasteiger partial charge in [0.15, 0.2) is 0 Å². The highest BCUT2D eigenvalue weighted by atomic mass is 15.4. The van der Waals surface area contributed by atoms with E-state index >= 15 is 0 Å². The SMILES string of the molecule is c1cc2c3c(ccc(C4CCNN4)c3c1)CC2. The first-order chi connectivity index (χ1) is 8.43. The third-order valence-corrected chi connectivity index (χ3v) is 4.12. The average Bonchev–Trinajstić information content (AvgIpc) is 3.00. The number of rotatable bonds is 1. The molecule has 0 amide bonds. The minimum Gasteiger partial charge on any atom is -0.257 e. The Morgan fingerprint density at radius 1 is 1.00 bits per heavy atom. The van der Waals surface area contributed by atoms with Crippen molar-refractivity contribution < 1.29 is 0 Å². The van der Waals surface area contributed by atoms with Gasteiger partial charge in [0.05, 0.1) is 0 Å². The standard InChI is InChI=1S/C15H16N2/c1-2-10-4-5-11-6-7-12(13(3-1)15(10)11)14-8-9-16-17-14/h1-3,6-7,14,16-17H,4-5,8-9H2. The van der Waals surface area contributed by atoms with E-state index in [-0.39, 0.29) is 0 Å². The van der Waals surface area contributed by atoms with Crippen molar-refractivity contribution in [2.45, 2.75) is 25.3 Å². The van der Waals surface area contributed by atoms with Crippen LogP contribution in [0.1, 0.15) is 29.2 Å². The maximum atomic E-state index is 3.37. The van der Waals surface area contributed by atoms with Crippen LogP contribution in [0.4, 0.5) is 0 Å². The molecule has 1 aliphatic heterocycles. The first-order valence-electron chi connectivity index (χ1n) is 6.45. The van der Waals surface area contributed by atoms with E-state index in [2.05, 4.69) is 41.2 Å². The number of benzene rings is 2. The number of hydrazine groups is 1. The van der Waals surface area contributed by atoms with Crippen LogP contribution in [0.25, 0.3) is 10.8 Å². The molecule has 2 aromatic rings. The minimum absolute atomic E-state index is 0.472. The molecule has 2 nitrogen and oxygen atoms in total. The van der Waals surface area contributed by atoms with Crippen LogP contribution in [0, 0.1) is 0 Å². The predicted molar refractivity (Wildman–Crippen MR) is 69.9 cm³/mol. The lowest BCUT2D eigenvalue weighted by Gasteiger charge is -2.14. The molecule has 1 saturated heterocycles. The minimum atomic E-state index is 0.472. The largest absolute Gasteiger partial charge is 0.257 e. The summed E-state index contributed by atoms with van der Waals surface area (Å²) in [5.41, 5.74) is 11.1. The molecule has 0 saturated carbocycles. The third-order valence-electron chi connectivity index (χ3n) is 4.12. The van der Waals surface area contributed by atoms with Gasteiger partial charge >= 0.3 is 0 Å².